The van der Waals surface area contributed by atoms with Crippen LogP contribution in [-0.2, 0) is 16.1 Å². The molecular weight excluding hydrogens is 284 g/mol. The molecule has 1 aromatic heterocycles. The molecule has 6 heteroatoms. The molecule has 1 unspecified atom stereocenters. The molecule has 0 spiro atoms. The molecule has 0 aliphatic carbocycles. The zero-order valence-corrected chi connectivity index (χ0v) is 13.2. The number of amides is 1. The second kappa shape index (κ2) is 9.02. The van der Waals surface area contributed by atoms with E-state index >= 15 is 0 Å². The Hall–Kier alpha value is -2.11. The van der Waals surface area contributed by atoms with Gasteiger partial charge in [0.2, 0.25) is 5.91 Å². The molecule has 1 heterocycles. The molecule has 1 atom stereocenters. The fraction of sp³-hybridized carbons (Fsp3) is 0.562. The summed E-state index contributed by atoms with van der Waals surface area (Å²) >= 11 is 0. The van der Waals surface area contributed by atoms with Gasteiger partial charge in [-0.05, 0) is 25.8 Å². The van der Waals surface area contributed by atoms with Crippen LogP contribution in [0.25, 0.3) is 0 Å². The number of carbonyl (C=O) groups is 2. The van der Waals surface area contributed by atoms with Gasteiger partial charge in [-0.2, -0.15) is 0 Å². The highest BCUT2D eigenvalue weighted by Crippen LogP contribution is 2.02. The molecule has 0 aliphatic rings. The van der Waals surface area contributed by atoms with Gasteiger partial charge in [0.05, 0.1) is 0 Å². The molecule has 0 aromatic carbocycles. The third-order valence-electron chi connectivity index (χ3n) is 3.49. The molecule has 1 amide bonds. The first kappa shape index (κ1) is 17.9. The van der Waals surface area contributed by atoms with Crippen molar-refractivity contribution in [2.75, 3.05) is 0 Å². The fourth-order valence-electron chi connectivity index (χ4n) is 2.17. The van der Waals surface area contributed by atoms with E-state index in [0.29, 0.717) is 24.9 Å². The lowest BCUT2D eigenvalue weighted by Crippen LogP contribution is -2.40. The maximum Gasteiger partial charge on any atom is 0.326 e. The Morgan fingerprint density at radius 1 is 1.36 bits per heavy atom. The molecular formula is C16H24N2O4. The van der Waals surface area contributed by atoms with Crippen LogP contribution in [0.15, 0.2) is 23.1 Å². The van der Waals surface area contributed by atoms with Gasteiger partial charge >= 0.3 is 5.97 Å². The molecule has 2 N–H and O–H groups in total. The number of nitrogens with zero attached hydrogens (tertiary/aromatic N) is 1. The van der Waals surface area contributed by atoms with Crippen LogP contribution in [0.2, 0.25) is 0 Å². The Morgan fingerprint density at radius 2 is 2.09 bits per heavy atom. The number of rotatable bonds is 9. The van der Waals surface area contributed by atoms with Crippen molar-refractivity contribution in [3.05, 3.63) is 34.2 Å². The zero-order valence-electron chi connectivity index (χ0n) is 13.2. The number of carboxylic acid groups (broad SMARTS) is 1. The SMILES string of the molecule is CCCCC(NC(=O)CCCn1cccc(C)c1=O)C(=O)O. The Bertz CT molecular complexity index is 566. The lowest BCUT2D eigenvalue weighted by Gasteiger charge is -2.14. The number of carbonyl (C=O) groups excluding carboxylic acids is 1. The highest BCUT2D eigenvalue weighted by atomic mass is 16.4. The molecule has 1 aromatic rings. The number of aryl methyl sites for hydroxylation is 2. The standard InChI is InChI=1S/C16H24N2O4/c1-3-4-8-13(16(21)22)17-14(19)9-6-11-18-10-5-7-12(2)15(18)20/h5,7,10,13H,3-4,6,8-9,11H2,1-2H3,(H,17,19)(H,21,22). The van der Waals surface area contributed by atoms with E-state index in [1.54, 1.807) is 29.8 Å². The normalized spacial score (nSPS) is 11.9. The van der Waals surface area contributed by atoms with E-state index < -0.39 is 12.0 Å². The summed E-state index contributed by atoms with van der Waals surface area (Å²) in [7, 11) is 0. The average molecular weight is 308 g/mol. The van der Waals surface area contributed by atoms with E-state index in [2.05, 4.69) is 5.32 Å². The van der Waals surface area contributed by atoms with E-state index in [0.717, 1.165) is 12.8 Å². The quantitative estimate of drug-likeness (QED) is 0.726. The topological polar surface area (TPSA) is 88.4 Å². The largest absolute Gasteiger partial charge is 0.480 e. The maximum atomic E-state index is 11.8. The summed E-state index contributed by atoms with van der Waals surface area (Å²) in [6, 6.07) is 2.72. The number of hydrogen-bond acceptors (Lipinski definition) is 3. The van der Waals surface area contributed by atoms with E-state index in [9.17, 15) is 14.4 Å². The molecule has 0 aliphatic heterocycles. The first-order valence-electron chi connectivity index (χ1n) is 7.64. The maximum absolute atomic E-state index is 11.8. The van der Waals surface area contributed by atoms with E-state index in [-0.39, 0.29) is 17.9 Å². The summed E-state index contributed by atoms with van der Waals surface area (Å²) in [4.78, 5) is 34.7. The number of nitrogens with one attached hydrogen (secondary N) is 1. The van der Waals surface area contributed by atoms with Crippen LogP contribution < -0.4 is 10.9 Å². The summed E-state index contributed by atoms with van der Waals surface area (Å²) in [5, 5.41) is 11.6. The van der Waals surface area contributed by atoms with E-state index in [1.807, 2.05) is 6.92 Å². The van der Waals surface area contributed by atoms with Gasteiger partial charge in [0.1, 0.15) is 6.04 Å². The van der Waals surface area contributed by atoms with Gasteiger partial charge in [-0.1, -0.05) is 25.8 Å². The summed E-state index contributed by atoms with van der Waals surface area (Å²) in [6.45, 7) is 4.16. The Morgan fingerprint density at radius 3 is 2.73 bits per heavy atom. The minimum Gasteiger partial charge on any atom is -0.480 e. The Balaban J connectivity index is 2.43. The van der Waals surface area contributed by atoms with E-state index in [4.69, 9.17) is 5.11 Å². The fourth-order valence-corrected chi connectivity index (χ4v) is 2.17. The molecule has 0 saturated carbocycles. The molecule has 0 fully saturated rings. The van der Waals surface area contributed by atoms with Crippen molar-refractivity contribution < 1.29 is 14.7 Å². The van der Waals surface area contributed by atoms with Crippen molar-refractivity contribution in [2.45, 2.75) is 58.5 Å². The van der Waals surface area contributed by atoms with Crippen LogP contribution in [-0.4, -0.2) is 27.6 Å². The third-order valence-corrected chi connectivity index (χ3v) is 3.49. The van der Waals surface area contributed by atoms with Crippen molar-refractivity contribution in [1.29, 1.82) is 0 Å². The van der Waals surface area contributed by atoms with Crippen LogP contribution in [0.3, 0.4) is 0 Å². The number of aliphatic carboxylic acids is 1. The summed E-state index contributed by atoms with van der Waals surface area (Å²) in [5.74, 6) is -1.29. The second-order valence-electron chi connectivity index (χ2n) is 5.39. The summed E-state index contributed by atoms with van der Waals surface area (Å²) < 4.78 is 1.56. The number of pyridine rings is 1. The average Bonchev–Trinajstić information content (AvgIpc) is 2.47. The number of unbranched alkanes of at least 4 members (excludes halogenated alkanes) is 1. The van der Waals surface area contributed by atoms with Gasteiger partial charge in [0, 0.05) is 24.7 Å². The van der Waals surface area contributed by atoms with Gasteiger partial charge in [-0.3, -0.25) is 9.59 Å². The minimum atomic E-state index is -1.00. The molecule has 0 bridgehead atoms. The third kappa shape index (κ3) is 5.71. The molecule has 0 radical (unpaired) electrons. The van der Waals surface area contributed by atoms with Crippen molar-refractivity contribution >= 4 is 11.9 Å². The van der Waals surface area contributed by atoms with Gasteiger partial charge in [0.15, 0.2) is 0 Å². The molecule has 1 rings (SSSR count). The van der Waals surface area contributed by atoms with Gasteiger partial charge in [0.25, 0.3) is 5.56 Å². The zero-order chi connectivity index (χ0) is 16.5. The van der Waals surface area contributed by atoms with Crippen molar-refractivity contribution in [1.82, 2.24) is 9.88 Å². The number of hydrogen-bond donors (Lipinski definition) is 2. The Kier molecular flexibility index (Phi) is 7.36. The smallest absolute Gasteiger partial charge is 0.326 e. The summed E-state index contributed by atoms with van der Waals surface area (Å²) in [6.07, 6.45) is 4.47. The van der Waals surface area contributed by atoms with Crippen LogP contribution in [0.1, 0.15) is 44.6 Å². The van der Waals surface area contributed by atoms with Crippen LogP contribution in [0.4, 0.5) is 0 Å². The lowest BCUT2D eigenvalue weighted by molar-refractivity contribution is -0.142. The van der Waals surface area contributed by atoms with E-state index in [1.165, 1.54) is 0 Å². The van der Waals surface area contributed by atoms with Crippen LogP contribution >= 0.6 is 0 Å². The van der Waals surface area contributed by atoms with Gasteiger partial charge in [-0.25, -0.2) is 4.79 Å². The molecule has 22 heavy (non-hydrogen) atoms. The molecule has 6 nitrogen and oxygen atoms in total. The Labute approximate surface area is 130 Å². The van der Waals surface area contributed by atoms with Crippen LogP contribution in [0.5, 0.6) is 0 Å². The van der Waals surface area contributed by atoms with Crippen molar-refractivity contribution in [2.24, 2.45) is 0 Å². The number of aromatic nitrogens is 1. The predicted molar refractivity (Wildman–Crippen MR) is 83.8 cm³/mol. The second-order valence-corrected chi connectivity index (χ2v) is 5.39. The van der Waals surface area contributed by atoms with Gasteiger partial charge in [-0.15, -0.1) is 0 Å². The van der Waals surface area contributed by atoms with Crippen LogP contribution in [0, 0.1) is 6.92 Å². The first-order chi connectivity index (χ1) is 10.5. The minimum absolute atomic E-state index is 0.0609. The first-order valence-corrected chi connectivity index (χ1v) is 7.64. The predicted octanol–water partition coefficient (Wildman–Crippen LogP) is 1.70. The highest BCUT2D eigenvalue weighted by Gasteiger charge is 2.18. The monoisotopic (exact) mass is 308 g/mol. The summed E-state index contributed by atoms with van der Waals surface area (Å²) in [5.41, 5.74) is 0.603. The highest BCUT2D eigenvalue weighted by molar-refractivity contribution is 5.83. The van der Waals surface area contributed by atoms with Gasteiger partial charge < -0.3 is 15.0 Å². The van der Waals surface area contributed by atoms with Crippen molar-refractivity contribution in [3.63, 3.8) is 0 Å². The lowest BCUT2D eigenvalue weighted by atomic mass is 10.1. The molecule has 0 saturated heterocycles. The molecule has 122 valence electrons. The number of carboxylic acids is 1. The van der Waals surface area contributed by atoms with Crippen molar-refractivity contribution in [3.8, 4) is 0 Å².